The number of rotatable bonds is 3. The molecule has 0 aromatic carbocycles. The Labute approximate surface area is 113 Å². The molecule has 7 nitrogen and oxygen atoms in total. The third kappa shape index (κ3) is 3.44. The molecule has 1 aliphatic rings. The van der Waals surface area contributed by atoms with Crippen molar-refractivity contribution in [1.82, 2.24) is 5.32 Å². The molecule has 0 radical (unpaired) electrons. The number of urea groups is 1. The van der Waals surface area contributed by atoms with Gasteiger partial charge >= 0.3 is 12.0 Å². The standard InChI is InChI=1S/C10H12N2O5S2/c13-9(14)7-1-3-18-8(7)12-10(15)11-6-2-4-19(16,17)5-6/h1,3,6H,2,4-5H2,(H,13,14)(H2,11,12,15). The lowest BCUT2D eigenvalue weighted by Gasteiger charge is -2.11. The van der Waals surface area contributed by atoms with Crippen LogP contribution in [-0.2, 0) is 9.84 Å². The maximum atomic E-state index is 11.6. The van der Waals surface area contributed by atoms with E-state index in [1.165, 1.54) is 6.07 Å². The Morgan fingerprint density at radius 1 is 1.42 bits per heavy atom. The molecule has 1 aromatic rings. The molecular weight excluding hydrogens is 292 g/mol. The van der Waals surface area contributed by atoms with Crippen molar-refractivity contribution in [1.29, 1.82) is 0 Å². The number of hydrogen-bond donors (Lipinski definition) is 3. The summed E-state index contributed by atoms with van der Waals surface area (Å²) >= 11 is 1.09. The van der Waals surface area contributed by atoms with E-state index in [1.807, 2.05) is 0 Å². The Bertz CT molecular complexity index is 607. The number of carboxylic acids is 1. The summed E-state index contributed by atoms with van der Waals surface area (Å²) in [7, 11) is -3.06. The van der Waals surface area contributed by atoms with Crippen LogP contribution in [-0.4, -0.2) is 43.1 Å². The molecule has 19 heavy (non-hydrogen) atoms. The summed E-state index contributed by atoms with van der Waals surface area (Å²) in [6.45, 7) is 0. The van der Waals surface area contributed by atoms with Gasteiger partial charge in [-0.25, -0.2) is 18.0 Å². The molecule has 0 spiro atoms. The van der Waals surface area contributed by atoms with E-state index in [9.17, 15) is 18.0 Å². The monoisotopic (exact) mass is 304 g/mol. The number of nitrogens with one attached hydrogen (secondary N) is 2. The van der Waals surface area contributed by atoms with Crippen LogP contribution in [0.5, 0.6) is 0 Å². The maximum absolute atomic E-state index is 11.6. The van der Waals surface area contributed by atoms with Crippen LogP contribution in [0.2, 0.25) is 0 Å². The van der Waals surface area contributed by atoms with Crippen molar-refractivity contribution in [3.63, 3.8) is 0 Å². The first-order valence-electron chi connectivity index (χ1n) is 5.46. The second kappa shape index (κ2) is 5.17. The smallest absolute Gasteiger partial charge is 0.338 e. The summed E-state index contributed by atoms with van der Waals surface area (Å²) in [6, 6.07) is 0.383. The number of hydrogen-bond acceptors (Lipinski definition) is 5. The fourth-order valence-electron chi connectivity index (χ4n) is 1.81. The van der Waals surface area contributed by atoms with Gasteiger partial charge in [0.2, 0.25) is 0 Å². The van der Waals surface area contributed by atoms with E-state index in [2.05, 4.69) is 10.6 Å². The zero-order chi connectivity index (χ0) is 14.0. The number of carbonyl (C=O) groups is 2. The van der Waals surface area contributed by atoms with E-state index >= 15 is 0 Å². The molecule has 3 N–H and O–H groups in total. The third-order valence-electron chi connectivity index (χ3n) is 2.69. The van der Waals surface area contributed by atoms with Gasteiger partial charge in [-0.15, -0.1) is 11.3 Å². The number of carbonyl (C=O) groups excluding carboxylic acids is 1. The molecule has 1 saturated heterocycles. The van der Waals surface area contributed by atoms with Gasteiger partial charge in [-0.2, -0.15) is 0 Å². The number of thiophene rings is 1. The summed E-state index contributed by atoms with van der Waals surface area (Å²) in [4.78, 5) is 22.5. The normalized spacial score (nSPS) is 20.9. The number of carboxylic acid groups (broad SMARTS) is 1. The second-order valence-corrected chi connectivity index (χ2v) is 7.31. The minimum absolute atomic E-state index is 0.0131. The van der Waals surface area contributed by atoms with Gasteiger partial charge < -0.3 is 10.4 Å². The zero-order valence-corrected chi connectivity index (χ0v) is 11.4. The van der Waals surface area contributed by atoms with Gasteiger partial charge in [0.25, 0.3) is 0 Å². The number of amides is 2. The lowest BCUT2D eigenvalue weighted by molar-refractivity contribution is 0.0698. The molecule has 0 bridgehead atoms. The van der Waals surface area contributed by atoms with Crippen LogP contribution in [0.15, 0.2) is 11.4 Å². The minimum Gasteiger partial charge on any atom is -0.478 e. The SMILES string of the molecule is O=C(Nc1sccc1C(=O)O)NC1CCS(=O)(=O)C1. The Kier molecular flexibility index (Phi) is 3.76. The summed E-state index contributed by atoms with van der Waals surface area (Å²) in [5.74, 6) is -1.13. The molecule has 9 heteroatoms. The molecule has 0 aliphatic carbocycles. The van der Waals surface area contributed by atoms with E-state index < -0.39 is 27.9 Å². The second-order valence-electron chi connectivity index (χ2n) is 4.17. The quantitative estimate of drug-likeness (QED) is 0.763. The number of aromatic carboxylic acids is 1. The van der Waals surface area contributed by atoms with Crippen molar-refractivity contribution in [2.45, 2.75) is 12.5 Å². The van der Waals surface area contributed by atoms with Crippen LogP contribution in [0.25, 0.3) is 0 Å². The van der Waals surface area contributed by atoms with E-state index in [-0.39, 0.29) is 22.1 Å². The summed E-state index contributed by atoms with van der Waals surface area (Å²) < 4.78 is 22.5. The van der Waals surface area contributed by atoms with Crippen molar-refractivity contribution >= 4 is 38.2 Å². The Morgan fingerprint density at radius 2 is 2.16 bits per heavy atom. The van der Waals surface area contributed by atoms with Crippen LogP contribution < -0.4 is 10.6 Å². The highest BCUT2D eigenvalue weighted by molar-refractivity contribution is 7.91. The first-order chi connectivity index (χ1) is 8.87. The molecule has 2 amide bonds. The molecule has 1 aliphatic heterocycles. The van der Waals surface area contributed by atoms with Crippen LogP contribution >= 0.6 is 11.3 Å². The molecule has 1 aromatic heterocycles. The van der Waals surface area contributed by atoms with Crippen molar-refractivity contribution < 1.29 is 23.1 Å². The Morgan fingerprint density at radius 3 is 2.74 bits per heavy atom. The molecule has 104 valence electrons. The van der Waals surface area contributed by atoms with Crippen molar-refractivity contribution in [2.75, 3.05) is 16.8 Å². The summed E-state index contributed by atoms with van der Waals surface area (Å²) in [6.07, 6.45) is 0.381. The van der Waals surface area contributed by atoms with Crippen molar-refractivity contribution in [3.8, 4) is 0 Å². The van der Waals surface area contributed by atoms with Crippen LogP contribution in [0.4, 0.5) is 9.80 Å². The Balaban J connectivity index is 1.95. The molecule has 1 fully saturated rings. The fourth-order valence-corrected chi connectivity index (χ4v) is 4.26. The highest BCUT2D eigenvalue weighted by atomic mass is 32.2. The molecule has 2 rings (SSSR count). The average Bonchev–Trinajstić information content (AvgIpc) is 2.85. The van der Waals surface area contributed by atoms with Gasteiger partial charge in [0.15, 0.2) is 9.84 Å². The maximum Gasteiger partial charge on any atom is 0.338 e. The molecule has 1 atom stereocenters. The van der Waals surface area contributed by atoms with Gasteiger partial charge in [-0.1, -0.05) is 0 Å². The van der Waals surface area contributed by atoms with Crippen LogP contribution in [0, 0.1) is 0 Å². The first-order valence-corrected chi connectivity index (χ1v) is 8.16. The highest BCUT2D eigenvalue weighted by Crippen LogP contribution is 2.23. The van der Waals surface area contributed by atoms with Crippen LogP contribution in [0.1, 0.15) is 16.8 Å². The van der Waals surface area contributed by atoms with E-state index in [0.29, 0.717) is 6.42 Å². The summed E-state index contributed by atoms with van der Waals surface area (Å²) in [5.41, 5.74) is 0.0131. The van der Waals surface area contributed by atoms with Gasteiger partial charge in [0.1, 0.15) is 5.00 Å². The largest absolute Gasteiger partial charge is 0.478 e. The molecule has 2 heterocycles. The summed E-state index contributed by atoms with van der Waals surface area (Å²) in [5, 5.41) is 15.6. The fraction of sp³-hybridized carbons (Fsp3) is 0.400. The lowest BCUT2D eigenvalue weighted by atomic mass is 10.3. The van der Waals surface area contributed by atoms with Crippen LogP contribution in [0.3, 0.4) is 0 Å². The van der Waals surface area contributed by atoms with Gasteiger partial charge in [-0.05, 0) is 17.9 Å². The molecular formula is C10H12N2O5S2. The van der Waals surface area contributed by atoms with Crippen molar-refractivity contribution in [2.24, 2.45) is 0 Å². The minimum atomic E-state index is -3.06. The van der Waals surface area contributed by atoms with E-state index in [1.54, 1.807) is 5.38 Å². The van der Waals surface area contributed by atoms with Crippen molar-refractivity contribution in [3.05, 3.63) is 17.0 Å². The molecule has 1 unspecified atom stereocenters. The highest BCUT2D eigenvalue weighted by Gasteiger charge is 2.29. The van der Waals surface area contributed by atoms with Gasteiger partial charge in [0, 0.05) is 6.04 Å². The lowest BCUT2D eigenvalue weighted by Crippen LogP contribution is -2.38. The van der Waals surface area contributed by atoms with E-state index in [4.69, 9.17) is 5.11 Å². The van der Waals surface area contributed by atoms with E-state index in [0.717, 1.165) is 11.3 Å². The predicted molar refractivity (Wildman–Crippen MR) is 70.5 cm³/mol. The van der Waals surface area contributed by atoms with Gasteiger partial charge in [0.05, 0.1) is 17.1 Å². The Hall–Kier alpha value is -1.61. The average molecular weight is 304 g/mol. The number of sulfone groups is 1. The zero-order valence-electron chi connectivity index (χ0n) is 9.75. The van der Waals surface area contributed by atoms with Gasteiger partial charge in [-0.3, -0.25) is 5.32 Å². The first kappa shape index (κ1) is 13.8. The third-order valence-corrected chi connectivity index (χ3v) is 5.29. The topological polar surface area (TPSA) is 113 Å². The predicted octanol–water partition coefficient (Wildman–Crippen LogP) is 0.755. The molecule has 0 saturated carbocycles. The number of anilines is 1.